The van der Waals surface area contributed by atoms with Crippen LogP contribution in [-0.4, -0.2) is 6.21 Å². The molecule has 1 heteroatoms. The average molecular weight is 327 g/mol. The molecule has 1 heterocycles. The highest BCUT2D eigenvalue weighted by molar-refractivity contribution is 5.75. The molecule has 0 unspecified atom stereocenters. The van der Waals surface area contributed by atoms with Crippen LogP contribution in [0.5, 0.6) is 0 Å². The zero-order valence-corrected chi connectivity index (χ0v) is 14.7. The molecular formula is C24H25N. The number of hydrogen-bond acceptors (Lipinski definition) is 1. The van der Waals surface area contributed by atoms with E-state index in [2.05, 4.69) is 47.5 Å². The van der Waals surface area contributed by atoms with Crippen LogP contribution in [0.2, 0.25) is 0 Å². The van der Waals surface area contributed by atoms with E-state index in [9.17, 15) is 0 Å². The van der Waals surface area contributed by atoms with Gasteiger partial charge in [0.1, 0.15) is 0 Å². The molecule has 2 aliphatic carbocycles. The third kappa shape index (κ3) is 3.51. The Bertz CT molecular complexity index is 825. The summed E-state index contributed by atoms with van der Waals surface area (Å²) in [5.74, 6) is 0. The van der Waals surface area contributed by atoms with Crippen LogP contribution in [0.15, 0.2) is 65.8 Å². The second-order valence-corrected chi connectivity index (χ2v) is 6.93. The fourth-order valence-electron chi connectivity index (χ4n) is 4.14. The lowest BCUT2D eigenvalue weighted by Crippen LogP contribution is -2.12. The minimum Gasteiger partial charge on any atom is -0.269 e. The summed E-state index contributed by atoms with van der Waals surface area (Å²) in [5, 5.41) is 0. The Hall–Kier alpha value is -2.41. The first kappa shape index (κ1) is 16.1. The van der Waals surface area contributed by atoms with Gasteiger partial charge in [0.25, 0.3) is 0 Å². The van der Waals surface area contributed by atoms with Crippen LogP contribution < -0.4 is 0 Å². The van der Waals surface area contributed by atoms with Gasteiger partial charge in [0, 0.05) is 18.8 Å². The summed E-state index contributed by atoms with van der Waals surface area (Å²) in [5.41, 5.74) is 9.49. The van der Waals surface area contributed by atoms with Crippen molar-refractivity contribution in [1.29, 1.82) is 0 Å². The summed E-state index contributed by atoms with van der Waals surface area (Å²) in [6.45, 7) is 0. The lowest BCUT2D eigenvalue weighted by Gasteiger charge is -2.26. The van der Waals surface area contributed by atoms with Crippen molar-refractivity contribution in [2.24, 2.45) is 4.99 Å². The monoisotopic (exact) mass is 327 g/mol. The Kier molecular flexibility index (Phi) is 4.92. The van der Waals surface area contributed by atoms with Gasteiger partial charge in [-0.3, -0.25) is 4.99 Å². The molecule has 0 spiro atoms. The minimum absolute atomic E-state index is 0.965. The van der Waals surface area contributed by atoms with Crippen molar-refractivity contribution in [2.45, 2.75) is 44.9 Å². The van der Waals surface area contributed by atoms with E-state index in [0.29, 0.717) is 0 Å². The maximum Gasteiger partial charge on any atom is 0.0263 e. The second-order valence-electron chi connectivity index (χ2n) is 6.93. The fraction of sp³-hybridized carbons (Fsp3) is 0.292. The standard InChI is InChI=1S/C18H18.C6H7N/c1-3-7-15-13(5-1)9-11-18-16-8-4-2-6-14(16)10-12-17(15)18;1-2-4-6-7-5-3-1/h1,3,5,7,10,12H,2,4,6,8-9,11H2;1-3,5-6H,4H2. The van der Waals surface area contributed by atoms with E-state index in [1.54, 1.807) is 22.9 Å². The number of nitrogens with zero attached hydrogens (tertiary/aromatic N) is 1. The van der Waals surface area contributed by atoms with Gasteiger partial charge >= 0.3 is 0 Å². The summed E-state index contributed by atoms with van der Waals surface area (Å²) < 4.78 is 0. The summed E-state index contributed by atoms with van der Waals surface area (Å²) in [6.07, 6.45) is 18.4. The number of hydrogen-bond donors (Lipinski definition) is 0. The molecule has 1 nitrogen and oxygen atoms in total. The maximum absolute atomic E-state index is 3.90. The zero-order chi connectivity index (χ0) is 16.9. The largest absolute Gasteiger partial charge is 0.269 e. The van der Waals surface area contributed by atoms with E-state index in [-0.39, 0.29) is 0 Å². The third-order valence-corrected chi connectivity index (χ3v) is 5.37. The lowest BCUT2D eigenvalue weighted by molar-refractivity contribution is 0.676. The number of aliphatic imine (C=N–C) groups is 1. The molecule has 0 saturated carbocycles. The maximum atomic E-state index is 3.90. The van der Waals surface area contributed by atoms with Crippen LogP contribution in [0.25, 0.3) is 11.1 Å². The second kappa shape index (κ2) is 7.65. The van der Waals surface area contributed by atoms with Crippen LogP contribution in [0.4, 0.5) is 0 Å². The normalized spacial score (nSPS) is 16.8. The van der Waals surface area contributed by atoms with Crippen LogP contribution >= 0.6 is 0 Å². The Morgan fingerprint density at radius 3 is 2.60 bits per heavy atom. The molecule has 1 aliphatic heterocycles. The number of benzene rings is 2. The smallest absolute Gasteiger partial charge is 0.0263 e. The number of allylic oxidation sites excluding steroid dienone is 3. The molecule has 3 aliphatic rings. The van der Waals surface area contributed by atoms with Crippen LogP contribution in [-0.2, 0) is 25.7 Å². The Labute approximate surface area is 150 Å². The minimum atomic E-state index is 0.965. The van der Waals surface area contributed by atoms with Crippen LogP contribution in [0.3, 0.4) is 0 Å². The van der Waals surface area contributed by atoms with Gasteiger partial charge < -0.3 is 0 Å². The number of aryl methyl sites for hydroxylation is 2. The van der Waals surface area contributed by atoms with Gasteiger partial charge in [0.2, 0.25) is 0 Å². The molecule has 0 N–H and O–H groups in total. The molecule has 25 heavy (non-hydrogen) atoms. The summed E-state index contributed by atoms with van der Waals surface area (Å²) in [4.78, 5) is 3.90. The van der Waals surface area contributed by atoms with E-state index in [4.69, 9.17) is 0 Å². The first-order valence-electron chi connectivity index (χ1n) is 9.49. The molecule has 2 aromatic rings. The van der Waals surface area contributed by atoms with Gasteiger partial charge in [0.15, 0.2) is 0 Å². The molecule has 5 rings (SSSR count). The predicted octanol–water partition coefficient (Wildman–Crippen LogP) is 5.86. The molecule has 0 aromatic heterocycles. The first-order valence-corrected chi connectivity index (χ1v) is 9.49. The van der Waals surface area contributed by atoms with Gasteiger partial charge in [-0.05, 0) is 78.0 Å². The summed E-state index contributed by atoms with van der Waals surface area (Å²) >= 11 is 0. The van der Waals surface area contributed by atoms with Crippen molar-refractivity contribution < 1.29 is 0 Å². The van der Waals surface area contributed by atoms with Crippen molar-refractivity contribution in [3.05, 3.63) is 83.1 Å². The van der Waals surface area contributed by atoms with Crippen molar-refractivity contribution in [2.75, 3.05) is 0 Å². The van der Waals surface area contributed by atoms with Gasteiger partial charge in [-0.1, -0.05) is 48.6 Å². The topological polar surface area (TPSA) is 12.4 Å². The van der Waals surface area contributed by atoms with Gasteiger partial charge in [-0.25, -0.2) is 0 Å². The highest BCUT2D eigenvalue weighted by Crippen LogP contribution is 2.38. The van der Waals surface area contributed by atoms with E-state index in [0.717, 1.165) is 6.42 Å². The summed E-state index contributed by atoms with van der Waals surface area (Å²) in [7, 11) is 0. The van der Waals surface area contributed by atoms with Gasteiger partial charge in [-0.15, -0.1) is 0 Å². The van der Waals surface area contributed by atoms with E-state index < -0.39 is 0 Å². The van der Waals surface area contributed by atoms with Crippen molar-refractivity contribution in [3.8, 4) is 11.1 Å². The fourth-order valence-corrected chi connectivity index (χ4v) is 4.14. The Balaban J connectivity index is 0.000000190. The Morgan fingerprint density at radius 1 is 0.680 bits per heavy atom. The third-order valence-electron chi connectivity index (χ3n) is 5.37. The number of fused-ring (bicyclic) bond motifs is 5. The van der Waals surface area contributed by atoms with Gasteiger partial charge in [-0.2, -0.15) is 0 Å². The van der Waals surface area contributed by atoms with Crippen molar-refractivity contribution in [3.63, 3.8) is 0 Å². The molecule has 0 atom stereocenters. The van der Waals surface area contributed by atoms with Gasteiger partial charge in [0.05, 0.1) is 0 Å². The SMILES string of the molecule is C1=CCC=NC=C1.c1ccc2c(c1)CCc1c-2ccc2c1CCCC2. The predicted molar refractivity (Wildman–Crippen MR) is 107 cm³/mol. The highest BCUT2D eigenvalue weighted by Gasteiger charge is 2.21. The van der Waals surface area contributed by atoms with Crippen LogP contribution in [0, 0.1) is 0 Å². The van der Waals surface area contributed by atoms with Crippen LogP contribution in [0.1, 0.15) is 41.5 Å². The zero-order valence-electron chi connectivity index (χ0n) is 14.7. The van der Waals surface area contributed by atoms with Crippen molar-refractivity contribution in [1.82, 2.24) is 0 Å². The van der Waals surface area contributed by atoms with Crippen molar-refractivity contribution >= 4 is 6.21 Å². The molecule has 0 amide bonds. The number of rotatable bonds is 0. The molecule has 0 fully saturated rings. The first-order chi connectivity index (χ1) is 12.4. The molecule has 2 aromatic carbocycles. The lowest BCUT2D eigenvalue weighted by atomic mass is 9.78. The molecular weight excluding hydrogens is 302 g/mol. The Morgan fingerprint density at radius 2 is 1.60 bits per heavy atom. The molecule has 0 saturated heterocycles. The summed E-state index contributed by atoms with van der Waals surface area (Å²) in [6, 6.07) is 13.7. The molecule has 0 radical (unpaired) electrons. The quantitative estimate of drug-likeness (QED) is 0.574. The van der Waals surface area contributed by atoms with E-state index >= 15 is 0 Å². The van der Waals surface area contributed by atoms with E-state index in [1.807, 2.05) is 18.4 Å². The molecule has 126 valence electrons. The molecule has 0 bridgehead atoms. The highest BCUT2D eigenvalue weighted by atomic mass is 14.7. The average Bonchev–Trinajstić information content (AvgIpc) is 3.01. The van der Waals surface area contributed by atoms with E-state index in [1.165, 1.54) is 55.2 Å².